The van der Waals surface area contributed by atoms with Gasteiger partial charge in [-0.15, -0.1) is 6.58 Å². The molecule has 0 saturated heterocycles. The molecule has 74 valence electrons. The minimum Gasteiger partial charge on any atom is -0.304 e. The van der Waals surface area contributed by atoms with Crippen LogP contribution in [0.15, 0.2) is 12.2 Å². The molecule has 0 aliphatic heterocycles. The van der Waals surface area contributed by atoms with Crippen LogP contribution >= 0.6 is 22.1 Å². The third kappa shape index (κ3) is 31.6. The highest BCUT2D eigenvalue weighted by Gasteiger charge is 1.84. The Morgan fingerprint density at radius 2 is 1.33 bits per heavy atom. The Morgan fingerprint density at radius 1 is 1.08 bits per heavy atom. The zero-order chi connectivity index (χ0) is 9.82. The average Bonchev–Trinajstić information content (AvgIpc) is 1.97. The van der Waals surface area contributed by atoms with Crippen LogP contribution in [0.3, 0.4) is 0 Å². The normalized spacial score (nSPS) is 8.67. The van der Waals surface area contributed by atoms with Gasteiger partial charge in [-0.2, -0.15) is 0 Å². The fraction of sp³-hybridized carbons (Fsp3) is 0.750. The summed E-state index contributed by atoms with van der Waals surface area (Å²) in [6.07, 6.45) is 0. The van der Waals surface area contributed by atoms with Crippen LogP contribution in [0.1, 0.15) is 27.7 Å². The molecule has 0 aromatic carbocycles. The summed E-state index contributed by atoms with van der Waals surface area (Å²) in [4.78, 5) is 0. The largest absolute Gasteiger partial charge is 0.304 e. The van der Waals surface area contributed by atoms with Crippen molar-refractivity contribution in [3.05, 3.63) is 12.2 Å². The van der Waals surface area contributed by atoms with Crippen LogP contribution in [-0.4, -0.2) is 13.2 Å². The minimum atomic E-state index is 0.727. The summed E-state index contributed by atoms with van der Waals surface area (Å²) in [7, 11) is 0. The molecule has 0 aliphatic carbocycles. The van der Waals surface area contributed by atoms with E-state index in [-0.39, 0.29) is 0 Å². The summed E-state index contributed by atoms with van der Waals surface area (Å²) in [5.74, 6) is 0. The maximum absolute atomic E-state index is 4.89. The molecule has 0 aromatic rings. The van der Waals surface area contributed by atoms with E-state index in [9.17, 15) is 0 Å². The van der Waals surface area contributed by atoms with E-state index >= 15 is 0 Å². The van der Waals surface area contributed by atoms with Gasteiger partial charge in [0.05, 0.1) is 35.4 Å². The first kappa shape index (κ1) is 14.9. The van der Waals surface area contributed by atoms with E-state index in [1.165, 1.54) is 27.7 Å². The minimum absolute atomic E-state index is 0.727. The van der Waals surface area contributed by atoms with Crippen molar-refractivity contribution in [3.63, 3.8) is 0 Å². The molecule has 0 rings (SSSR count). The Morgan fingerprint density at radius 3 is 1.50 bits per heavy atom. The Labute approximate surface area is 83.9 Å². The second kappa shape index (κ2) is 13.9. The standard InChI is InChI=1S/C4H10O2S2.C4H8/c1-3-5-7-8-6-4-2;1-4(2)3/h3-4H2,1-2H3;1H2,2-3H3. The van der Waals surface area contributed by atoms with E-state index < -0.39 is 0 Å². The van der Waals surface area contributed by atoms with Gasteiger partial charge in [0.1, 0.15) is 0 Å². The van der Waals surface area contributed by atoms with Crippen LogP contribution in [0.25, 0.3) is 0 Å². The van der Waals surface area contributed by atoms with Crippen molar-refractivity contribution in [2.24, 2.45) is 0 Å². The smallest absolute Gasteiger partial charge is 0.0925 e. The van der Waals surface area contributed by atoms with Crippen molar-refractivity contribution in [1.29, 1.82) is 0 Å². The Hall–Kier alpha value is 0.360. The average molecular weight is 210 g/mol. The third-order valence-corrected chi connectivity index (χ3v) is 1.82. The van der Waals surface area contributed by atoms with Gasteiger partial charge in [-0.05, 0) is 27.7 Å². The molecule has 0 aliphatic rings. The van der Waals surface area contributed by atoms with Crippen molar-refractivity contribution in [3.8, 4) is 0 Å². The molecular formula is C8H18O2S2. The molecule has 0 bridgehead atoms. The molecule has 4 heteroatoms. The lowest BCUT2D eigenvalue weighted by Crippen LogP contribution is -1.75. The Balaban J connectivity index is 0. The summed E-state index contributed by atoms with van der Waals surface area (Å²) in [6, 6.07) is 0. The summed E-state index contributed by atoms with van der Waals surface area (Å²) < 4.78 is 9.78. The van der Waals surface area contributed by atoms with E-state index in [2.05, 4.69) is 6.58 Å². The van der Waals surface area contributed by atoms with Crippen molar-refractivity contribution < 1.29 is 8.37 Å². The first-order chi connectivity index (χ1) is 5.65. The van der Waals surface area contributed by atoms with Gasteiger partial charge in [0, 0.05) is 0 Å². The van der Waals surface area contributed by atoms with Crippen LogP contribution in [-0.2, 0) is 8.37 Å². The molecular weight excluding hydrogens is 192 g/mol. The fourth-order valence-corrected chi connectivity index (χ4v) is 1.22. The van der Waals surface area contributed by atoms with Gasteiger partial charge in [0.25, 0.3) is 0 Å². The maximum Gasteiger partial charge on any atom is 0.0925 e. The molecule has 0 amide bonds. The maximum atomic E-state index is 4.89. The zero-order valence-electron chi connectivity index (χ0n) is 8.25. The van der Waals surface area contributed by atoms with Gasteiger partial charge < -0.3 is 8.37 Å². The highest BCUT2D eigenvalue weighted by atomic mass is 33.1. The lowest BCUT2D eigenvalue weighted by Gasteiger charge is -1.94. The number of allylic oxidation sites excluding steroid dienone is 1. The van der Waals surface area contributed by atoms with E-state index in [0.29, 0.717) is 0 Å². The number of hydrogen-bond acceptors (Lipinski definition) is 4. The molecule has 0 spiro atoms. The quantitative estimate of drug-likeness (QED) is 0.297. The van der Waals surface area contributed by atoms with Crippen LogP contribution in [0, 0.1) is 0 Å². The summed E-state index contributed by atoms with van der Waals surface area (Å²) in [6.45, 7) is 12.8. The predicted molar refractivity (Wildman–Crippen MR) is 58.9 cm³/mol. The van der Waals surface area contributed by atoms with E-state index in [1.807, 2.05) is 27.7 Å². The molecule has 0 heterocycles. The van der Waals surface area contributed by atoms with Gasteiger partial charge in [0.15, 0.2) is 0 Å². The molecule has 0 atom stereocenters. The molecule has 0 radical (unpaired) electrons. The number of hydrogen-bond donors (Lipinski definition) is 0. The van der Waals surface area contributed by atoms with Crippen LogP contribution in [0.4, 0.5) is 0 Å². The first-order valence-electron chi connectivity index (χ1n) is 3.85. The Kier molecular flexibility index (Phi) is 17.2. The molecule has 0 fully saturated rings. The van der Waals surface area contributed by atoms with Crippen molar-refractivity contribution in [2.45, 2.75) is 27.7 Å². The molecule has 0 N–H and O–H groups in total. The monoisotopic (exact) mass is 210 g/mol. The summed E-state index contributed by atoms with van der Waals surface area (Å²) >= 11 is 2.54. The predicted octanol–water partition coefficient (Wildman–Crippen LogP) is 3.85. The lowest BCUT2D eigenvalue weighted by atomic mass is 10.4. The summed E-state index contributed by atoms with van der Waals surface area (Å²) in [5, 5.41) is 0. The van der Waals surface area contributed by atoms with E-state index in [4.69, 9.17) is 8.37 Å². The summed E-state index contributed by atoms with van der Waals surface area (Å²) in [5.41, 5.74) is 1.17. The molecule has 2 nitrogen and oxygen atoms in total. The Bertz CT molecular complexity index is 87.1. The van der Waals surface area contributed by atoms with Gasteiger partial charge >= 0.3 is 0 Å². The molecule has 0 unspecified atom stereocenters. The van der Waals surface area contributed by atoms with E-state index in [0.717, 1.165) is 13.2 Å². The molecule has 12 heavy (non-hydrogen) atoms. The van der Waals surface area contributed by atoms with Crippen molar-refractivity contribution in [2.75, 3.05) is 13.2 Å². The van der Waals surface area contributed by atoms with Crippen molar-refractivity contribution in [1.82, 2.24) is 0 Å². The van der Waals surface area contributed by atoms with Gasteiger partial charge in [0.2, 0.25) is 0 Å². The SMILES string of the molecule is C=C(C)C.CCOSSOCC. The molecule has 0 saturated carbocycles. The van der Waals surface area contributed by atoms with Crippen LogP contribution in [0.5, 0.6) is 0 Å². The first-order valence-corrected chi connectivity index (χ1v) is 5.85. The molecule has 0 aromatic heterocycles. The highest BCUT2D eigenvalue weighted by Crippen LogP contribution is 2.22. The zero-order valence-corrected chi connectivity index (χ0v) is 9.89. The van der Waals surface area contributed by atoms with Crippen LogP contribution < -0.4 is 0 Å². The van der Waals surface area contributed by atoms with Crippen molar-refractivity contribution >= 4 is 22.1 Å². The van der Waals surface area contributed by atoms with Crippen LogP contribution in [0.2, 0.25) is 0 Å². The third-order valence-electron chi connectivity index (χ3n) is 0.360. The van der Waals surface area contributed by atoms with E-state index in [1.54, 1.807) is 0 Å². The fourth-order valence-electron chi connectivity index (χ4n) is 0.136. The van der Waals surface area contributed by atoms with Gasteiger partial charge in [-0.3, -0.25) is 0 Å². The highest BCUT2D eigenvalue weighted by molar-refractivity contribution is 8.73. The number of rotatable bonds is 5. The second-order valence-electron chi connectivity index (χ2n) is 2.16. The van der Waals surface area contributed by atoms with Gasteiger partial charge in [-0.25, -0.2) is 0 Å². The topological polar surface area (TPSA) is 18.5 Å². The second-order valence-corrected chi connectivity index (χ2v) is 3.72. The lowest BCUT2D eigenvalue weighted by molar-refractivity contribution is 0.394. The van der Waals surface area contributed by atoms with Gasteiger partial charge in [-0.1, -0.05) is 5.57 Å².